The Hall–Kier alpha value is -1.21. The molecular formula is C10H19BN4O5S. The standard InChI is InChI=1S/C6H5N3S.C4H11NO2.BH3O3/c10-9-7-5-3-1-2-4-6(5)8-9;6-3-1-5-2-4-7;2-1(3)4/h1-4,10H;5-7H,1-4H2;2-4H. The number of aliphatic hydroxyl groups is 2. The number of nitrogens with zero attached hydrogens (tertiary/aromatic N) is 3. The van der Waals surface area contributed by atoms with Crippen LogP contribution in [0.4, 0.5) is 0 Å². The molecule has 0 aliphatic carbocycles. The van der Waals surface area contributed by atoms with Crippen molar-refractivity contribution in [3.8, 4) is 0 Å². The second-order valence-electron chi connectivity index (χ2n) is 3.50. The fourth-order valence-corrected chi connectivity index (χ4v) is 1.32. The molecule has 0 aliphatic heterocycles. The summed E-state index contributed by atoms with van der Waals surface area (Å²) in [5.74, 6) is 0. The van der Waals surface area contributed by atoms with Crippen molar-refractivity contribution in [2.45, 2.75) is 0 Å². The van der Waals surface area contributed by atoms with E-state index in [1.54, 1.807) is 0 Å². The number of aliphatic hydroxyl groups excluding tert-OH is 2. The molecule has 2 rings (SSSR count). The summed E-state index contributed by atoms with van der Waals surface area (Å²) in [4.78, 5) is 0. The van der Waals surface area contributed by atoms with Gasteiger partial charge in [0.2, 0.25) is 0 Å². The van der Waals surface area contributed by atoms with E-state index in [9.17, 15) is 0 Å². The van der Waals surface area contributed by atoms with Gasteiger partial charge in [0.15, 0.2) is 0 Å². The first-order valence-corrected chi connectivity index (χ1v) is 6.39. The third kappa shape index (κ3) is 11.2. The average molecular weight is 318 g/mol. The highest BCUT2D eigenvalue weighted by Crippen LogP contribution is 2.06. The maximum atomic E-state index is 8.15. The lowest BCUT2D eigenvalue weighted by Crippen LogP contribution is -2.21. The zero-order chi connectivity index (χ0) is 16.1. The van der Waals surface area contributed by atoms with Crippen molar-refractivity contribution in [1.82, 2.24) is 19.7 Å². The number of rotatable bonds is 4. The van der Waals surface area contributed by atoms with Crippen LogP contribution in [0.15, 0.2) is 24.3 Å². The summed E-state index contributed by atoms with van der Waals surface area (Å²) in [6.07, 6.45) is 0. The van der Waals surface area contributed by atoms with E-state index >= 15 is 0 Å². The fourth-order valence-electron chi connectivity index (χ4n) is 1.13. The fraction of sp³-hybridized carbons (Fsp3) is 0.400. The molecule has 0 unspecified atom stereocenters. The normalized spacial score (nSPS) is 9.43. The van der Waals surface area contributed by atoms with Gasteiger partial charge in [-0.1, -0.05) is 12.1 Å². The highest BCUT2D eigenvalue weighted by atomic mass is 32.1. The first kappa shape index (κ1) is 19.8. The largest absolute Gasteiger partial charge is 0.631 e. The van der Waals surface area contributed by atoms with Crippen molar-refractivity contribution >= 4 is 31.2 Å². The van der Waals surface area contributed by atoms with Crippen LogP contribution in [0.3, 0.4) is 0 Å². The molecule has 9 nitrogen and oxygen atoms in total. The summed E-state index contributed by atoms with van der Waals surface area (Å²) < 4.78 is 1.27. The molecule has 0 atom stereocenters. The SMILES string of the molecule is OB(O)O.OCCNCCO.Sn1nc2ccccc2n1. The molecule has 0 aliphatic rings. The van der Waals surface area contributed by atoms with Crippen LogP contribution in [0.5, 0.6) is 0 Å². The molecule has 0 saturated heterocycles. The van der Waals surface area contributed by atoms with Gasteiger partial charge in [-0.05, 0) is 24.9 Å². The molecular weight excluding hydrogens is 299 g/mol. The van der Waals surface area contributed by atoms with Gasteiger partial charge in [0.25, 0.3) is 0 Å². The number of aromatic nitrogens is 3. The number of benzene rings is 1. The van der Waals surface area contributed by atoms with Gasteiger partial charge in [0.1, 0.15) is 11.0 Å². The van der Waals surface area contributed by atoms with Gasteiger partial charge in [-0.3, -0.25) is 0 Å². The summed E-state index contributed by atoms with van der Waals surface area (Å²) in [6.45, 7) is 1.42. The molecule has 0 radical (unpaired) electrons. The third-order valence-electron chi connectivity index (χ3n) is 1.85. The Bertz CT molecular complexity index is 447. The molecule has 1 aromatic heterocycles. The Labute approximate surface area is 127 Å². The second kappa shape index (κ2) is 12.5. The van der Waals surface area contributed by atoms with Crippen LogP contribution in [-0.4, -0.2) is 73.3 Å². The van der Waals surface area contributed by atoms with E-state index in [1.807, 2.05) is 24.3 Å². The highest BCUT2D eigenvalue weighted by Gasteiger charge is 1.95. The number of nitrogens with one attached hydrogen (secondary N) is 1. The number of hydrogen-bond donors (Lipinski definition) is 7. The molecule has 2 aromatic rings. The van der Waals surface area contributed by atoms with Crippen LogP contribution in [0.25, 0.3) is 11.0 Å². The highest BCUT2D eigenvalue weighted by molar-refractivity contribution is 7.78. The zero-order valence-corrected chi connectivity index (χ0v) is 12.1. The van der Waals surface area contributed by atoms with Gasteiger partial charge in [0.05, 0.1) is 13.2 Å². The summed E-state index contributed by atoms with van der Waals surface area (Å²) in [6, 6.07) is 7.64. The average Bonchev–Trinajstić information content (AvgIpc) is 2.79. The monoisotopic (exact) mass is 318 g/mol. The predicted octanol–water partition coefficient (Wildman–Crippen LogP) is -2.37. The topological polar surface area (TPSA) is 144 Å². The van der Waals surface area contributed by atoms with Gasteiger partial charge in [-0.25, -0.2) is 0 Å². The minimum absolute atomic E-state index is 0.139. The van der Waals surface area contributed by atoms with Gasteiger partial charge >= 0.3 is 7.32 Å². The Balaban J connectivity index is 0.000000321. The number of fused-ring (bicyclic) bond motifs is 1. The molecule has 11 heteroatoms. The van der Waals surface area contributed by atoms with Crippen molar-refractivity contribution in [1.29, 1.82) is 0 Å². The van der Waals surface area contributed by atoms with Crippen molar-refractivity contribution < 1.29 is 25.3 Å². The maximum absolute atomic E-state index is 8.15. The Morgan fingerprint density at radius 1 is 1.00 bits per heavy atom. The minimum Gasteiger partial charge on any atom is -0.402 e. The molecule has 0 amide bonds. The lowest BCUT2D eigenvalue weighted by molar-refractivity contribution is 0.266. The summed E-state index contributed by atoms with van der Waals surface area (Å²) in [5.41, 5.74) is 1.75. The van der Waals surface area contributed by atoms with Crippen LogP contribution in [0, 0.1) is 0 Å². The predicted molar refractivity (Wildman–Crippen MR) is 81.4 cm³/mol. The van der Waals surface area contributed by atoms with Crippen molar-refractivity contribution in [3.05, 3.63) is 24.3 Å². The first-order chi connectivity index (χ1) is 10.0. The van der Waals surface area contributed by atoms with Crippen molar-refractivity contribution in [2.75, 3.05) is 26.3 Å². The molecule has 118 valence electrons. The van der Waals surface area contributed by atoms with E-state index in [0.29, 0.717) is 13.1 Å². The van der Waals surface area contributed by atoms with Gasteiger partial charge in [0, 0.05) is 13.1 Å². The quantitative estimate of drug-likeness (QED) is 0.188. The van der Waals surface area contributed by atoms with E-state index in [1.165, 1.54) is 4.20 Å². The van der Waals surface area contributed by atoms with Crippen LogP contribution >= 0.6 is 12.8 Å². The molecule has 0 bridgehead atoms. The molecule has 0 spiro atoms. The Morgan fingerprint density at radius 2 is 1.38 bits per heavy atom. The van der Waals surface area contributed by atoms with E-state index in [0.717, 1.165) is 11.0 Å². The van der Waals surface area contributed by atoms with E-state index in [4.69, 9.17) is 25.3 Å². The number of hydrogen-bond acceptors (Lipinski definition) is 9. The summed E-state index contributed by atoms with van der Waals surface area (Å²) in [5, 5.41) is 48.5. The Morgan fingerprint density at radius 3 is 1.71 bits per heavy atom. The molecule has 1 heterocycles. The van der Waals surface area contributed by atoms with Crippen LogP contribution in [0.2, 0.25) is 0 Å². The van der Waals surface area contributed by atoms with E-state index in [2.05, 4.69) is 28.3 Å². The van der Waals surface area contributed by atoms with E-state index in [-0.39, 0.29) is 13.2 Å². The molecule has 0 fully saturated rings. The summed E-state index contributed by atoms with van der Waals surface area (Å²) in [7, 11) is -2.17. The van der Waals surface area contributed by atoms with Crippen molar-refractivity contribution in [2.24, 2.45) is 0 Å². The van der Waals surface area contributed by atoms with Gasteiger partial charge in [-0.15, -0.1) is 14.4 Å². The number of thiol groups is 1. The smallest absolute Gasteiger partial charge is 0.402 e. The van der Waals surface area contributed by atoms with Crippen LogP contribution in [0.1, 0.15) is 0 Å². The van der Waals surface area contributed by atoms with Crippen LogP contribution < -0.4 is 5.32 Å². The molecule has 6 N–H and O–H groups in total. The summed E-state index contributed by atoms with van der Waals surface area (Å²) >= 11 is 3.94. The molecule has 0 saturated carbocycles. The minimum atomic E-state index is -2.17. The van der Waals surface area contributed by atoms with E-state index < -0.39 is 7.32 Å². The molecule has 1 aromatic carbocycles. The van der Waals surface area contributed by atoms with Gasteiger partial charge in [-0.2, -0.15) is 0 Å². The van der Waals surface area contributed by atoms with Crippen LogP contribution in [-0.2, 0) is 0 Å². The molecule has 21 heavy (non-hydrogen) atoms. The lowest BCUT2D eigenvalue weighted by atomic mass is 10.3. The third-order valence-corrected chi connectivity index (χ3v) is 2.03. The second-order valence-corrected chi connectivity index (χ2v) is 3.86. The Kier molecular flexibility index (Phi) is 11.8. The lowest BCUT2D eigenvalue weighted by Gasteiger charge is -1.94. The van der Waals surface area contributed by atoms with Crippen molar-refractivity contribution in [3.63, 3.8) is 0 Å². The first-order valence-electron chi connectivity index (χ1n) is 5.99. The van der Waals surface area contributed by atoms with Gasteiger partial charge < -0.3 is 30.6 Å². The maximum Gasteiger partial charge on any atom is 0.631 e. The zero-order valence-electron chi connectivity index (χ0n) is 11.2.